The van der Waals surface area contributed by atoms with Gasteiger partial charge in [0.25, 0.3) is 0 Å². The first-order chi connectivity index (χ1) is 10.3. The zero-order chi connectivity index (χ0) is 14.9. The highest BCUT2D eigenvalue weighted by Gasteiger charge is 2.25. The fourth-order valence-electron chi connectivity index (χ4n) is 3.07. The molecular formula is C16H27N3O2. The van der Waals surface area contributed by atoms with Gasteiger partial charge in [-0.15, -0.1) is 0 Å². The van der Waals surface area contributed by atoms with Crippen LogP contribution in [-0.4, -0.2) is 46.7 Å². The summed E-state index contributed by atoms with van der Waals surface area (Å²) in [6.07, 6.45) is 12.7. The lowest BCUT2D eigenvalue weighted by atomic mass is 9.97. The first kappa shape index (κ1) is 16.0. The second-order valence-electron chi connectivity index (χ2n) is 5.78. The lowest BCUT2D eigenvalue weighted by Crippen LogP contribution is -2.43. The molecule has 1 aromatic rings. The molecule has 1 atom stereocenters. The van der Waals surface area contributed by atoms with E-state index in [0.29, 0.717) is 18.4 Å². The van der Waals surface area contributed by atoms with Gasteiger partial charge in [-0.2, -0.15) is 0 Å². The van der Waals surface area contributed by atoms with E-state index >= 15 is 0 Å². The Morgan fingerprint density at radius 2 is 2.29 bits per heavy atom. The Morgan fingerprint density at radius 1 is 1.38 bits per heavy atom. The molecule has 1 aromatic heterocycles. The Labute approximate surface area is 127 Å². The summed E-state index contributed by atoms with van der Waals surface area (Å²) in [5.74, 6) is 0.317. The lowest BCUT2D eigenvalue weighted by Gasteiger charge is -2.36. The van der Waals surface area contributed by atoms with Gasteiger partial charge in [0.15, 0.2) is 0 Å². The van der Waals surface area contributed by atoms with Crippen LogP contribution in [-0.2, 0) is 16.1 Å². The van der Waals surface area contributed by atoms with E-state index in [9.17, 15) is 4.79 Å². The minimum absolute atomic E-state index is 0.317. The molecule has 0 N–H and O–H groups in total. The van der Waals surface area contributed by atoms with Crippen LogP contribution < -0.4 is 0 Å². The summed E-state index contributed by atoms with van der Waals surface area (Å²) in [4.78, 5) is 18.6. The number of methoxy groups -OCH3 is 1. The maximum atomic E-state index is 12.4. The van der Waals surface area contributed by atoms with E-state index in [1.54, 1.807) is 19.6 Å². The third-order valence-corrected chi connectivity index (χ3v) is 4.20. The molecule has 1 saturated heterocycles. The number of amides is 1. The fraction of sp³-hybridized carbons (Fsp3) is 0.750. The molecule has 0 radical (unpaired) electrons. The minimum Gasteiger partial charge on any atom is -0.385 e. The number of hydrogen-bond acceptors (Lipinski definition) is 3. The number of imidazole rings is 1. The van der Waals surface area contributed by atoms with Crippen molar-refractivity contribution in [1.29, 1.82) is 0 Å². The summed E-state index contributed by atoms with van der Waals surface area (Å²) in [6, 6.07) is 0.426. The fourth-order valence-corrected chi connectivity index (χ4v) is 3.07. The highest BCUT2D eigenvalue weighted by atomic mass is 16.5. The normalized spacial score (nSPS) is 18.9. The van der Waals surface area contributed by atoms with Crippen molar-refractivity contribution in [1.82, 2.24) is 14.5 Å². The minimum atomic E-state index is 0.317. The number of ether oxygens (including phenoxy) is 1. The molecule has 21 heavy (non-hydrogen) atoms. The summed E-state index contributed by atoms with van der Waals surface area (Å²) in [6.45, 7) is 2.59. The SMILES string of the molecule is COCCC[C@H]1CCCCN1C(=O)CCCn1ccnc1. The van der Waals surface area contributed by atoms with Crippen LogP contribution in [0.5, 0.6) is 0 Å². The number of likely N-dealkylation sites (tertiary alicyclic amines) is 1. The highest BCUT2D eigenvalue weighted by molar-refractivity contribution is 5.76. The second kappa shape index (κ2) is 8.82. The van der Waals surface area contributed by atoms with E-state index in [1.807, 2.05) is 10.8 Å². The Bertz CT molecular complexity index is 406. The van der Waals surface area contributed by atoms with Crippen molar-refractivity contribution in [2.24, 2.45) is 0 Å². The summed E-state index contributed by atoms with van der Waals surface area (Å²) in [5, 5.41) is 0. The third kappa shape index (κ3) is 5.16. The van der Waals surface area contributed by atoms with Crippen LogP contribution in [0, 0.1) is 0 Å². The maximum Gasteiger partial charge on any atom is 0.222 e. The molecule has 118 valence electrons. The standard InChI is InChI=1S/C16H27N3O2/c1-21-13-5-7-15-6-2-3-11-19(15)16(20)8-4-10-18-12-9-17-14-18/h9,12,14-15H,2-8,10-11,13H2,1H3/t15-/m1/s1. The number of piperidine rings is 1. The zero-order valence-electron chi connectivity index (χ0n) is 13.0. The molecule has 0 saturated carbocycles. The number of nitrogens with zero attached hydrogens (tertiary/aromatic N) is 3. The largest absolute Gasteiger partial charge is 0.385 e. The molecule has 0 bridgehead atoms. The van der Waals surface area contributed by atoms with E-state index in [0.717, 1.165) is 51.8 Å². The number of carbonyl (C=O) groups is 1. The van der Waals surface area contributed by atoms with Gasteiger partial charge in [0.1, 0.15) is 0 Å². The molecule has 5 heteroatoms. The molecule has 5 nitrogen and oxygen atoms in total. The van der Waals surface area contributed by atoms with Crippen molar-refractivity contribution in [2.75, 3.05) is 20.3 Å². The van der Waals surface area contributed by atoms with E-state index in [-0.39, 0.29) is 0 Å². The van der Waals surface area contributed by atoms with Crippen LogP contribution in [0.4, 0.5) is 0 Å². The van der Waals surface area contributed by atoms with E-state index in [1.165, 1.54) is 6.42 Å². The monoisotopic (exact) mass is 293 g/mol. The number of aromatic nitrogens is 2. The topological polar surface area (TPSA) is 47.4 Å². The molecular weight excluding hydrogens is 266 g/mol. The van der Waals surface area contributed by atoms with Gasteiger partial charge in [-0.25, -0.2) is 4.98 Å². The maximum absolute atomic E-state index is 12.4. The molecule has 0 unspecified atom stereocenters. The van der Waals surface area contributed by atoms with E-state index in [4.69, 9.17) is 4.74 Å². The lowest BCUT2D eigenvalue weighted by molar-refractivity contribution is -0.135. The molecule has 0 spiro atoms. The first-order valence-electron chi connectivity index (χ1n) is 8.05. The predicted octanol–water partition coefficient (Wildman–Crippen LogP) is 2.47. The van der Waals surface area contributed by atoms with Gasteiger partial charge in [-0.3, -0.25) is 4.79 Å². The van der Waals surface area contributed by atoms with Crippen molar-refractivity contribution < 1.29 is 9.53 Å². The van der Waals surface area contributed by atoms with Gasteiger partial charge in [0.2, 0.25) is 5.91 Å². The number of rotatable bonds is 8. The molecule has 1 fully saturated rings. The van der Waals surface area contributed by atoms with E-state index in [2.05, 4.69) is 9.88 Å². The predicted molar refractivity (Wildman–Crippen MR) is 81.9 cm³/mol. The number of hydrogen-bond donors (Lipinski definition) is 0. The number of carbonyl (C=O) groups excluding carboxylic acids is 1. The summed E-state index contributed by atoms with van der Waals surface area (Å²) < 4.78 is 7.15. The van der Waals surface area contributed by atoms with Crippen LogP contribution in [0.2, 0.25) is 0 Å². The van der Waals surface area contributed by atoms with Crippen LogP contribution in [0.25, 0.3) is 0 Å². The molecule has 0 aromatic carbocycles. The van der Waals surface area contributed by atoms with Crippen LogP contribution >= 0.6 is 0 Å². The van der Waals surface area contributed by atoms with Gasteiger partial charge in [-0.05, 0) is 38.5 Å². The van der Waals surface area contributed by atoms with Crippen molar-refractivity contribution in [3.05, 3.63) is 18.7 Å². The zero-order valence-corrected chi connectivity index (χ0v) is 13.0. The molecule has 0 aliphatic carbocycles. The summed E-state index contributed by atoms with van der Waals surface area (Å²) in [5.41, 5.74) is 0. The Kier molecular flexibility index (Phi) is 6.73. The van der Waals surface area contributed by atoms with E-state index < -0.39 is 0 Å². The smallest absolute Gasteiger partial charge is 0.222 e. The van der Waals surface area contributed by atoms with Crippen molar-refractivity contribution in [3.8, 4) is 0 Å². The van der Waals surface area contributed by atoms with Gasteiger partial charge < -0.3 is 14.2 Å². The molecule has 1 aliphatic rings. The summed E-state index contributed by atoms with van der Waals surface area (Å²) >= 11 is 0. The van der Waals surface area contributed by atoms with Crippen LogP contribution in [0.3, 0.4) is 0 Å². The number of aryl methyl sites for hydroxylation is 1. The average molecular weight is 293 g/mol. The van der Waals surface area contributed by atoms with Crippen molar-refractivity contribution >= 4 is 5.91 Å². The molecule has 1 amide bonds. The Hall–Kier alpha value is -1.36. The van der Waals surface area contributed by atoms with Crippen molar-refractivity contribution in [2.45, 2.75) is 57.5 Å². The van der Waals surface area contributed by atoms with Crippen LogP contribution in [0.1, 0.15) is 44.9 Å². The quantitative estimate of drug-likeness (QED) is 0.692. The van der Waals surface area contributed by atoms with Crippen molar-refractivity contribution in [3.63, 3.8) is 0 Å². The molecule has 2 heterocycles. The Morgan fingerprint density at radius 3 is 3.05 bits per heavy atom. The van der Waals surface area contributed by atoms with Gasteiger partial charge in [0.05, 0.1) is 6.33 Å². The first-order valence-corrected chi connectivity index (χ1v) is 8.05. The highest BCUT2D eigenvalue weighted by Crippen LogP contribution is 2.22. The van der Waals surface area contributed by atoms with Gasteiger partial charge in [0, 0.05) is 51.7 Å². The van der Waals surface area contributed by atoms with Gasteiger partial charge in [-0.1, -0.05) is 0 Å². The molecule has 1 aliphatic heterocycles. The molecule has 2 rings (SSSR count). The van der Waals surface area contributed by atoms with Crippen LogP contribution in [0.15, 0.2) is 18.7 Å². The average Bonchev–Trinajstić information content (AvgIpc) is 3.01. The van der Waals surface area contributed by atoms with Gasteiger partial charge >= 0.3 is 0 Å². The second-order valence-corrected chi connectivity index (χ2v) is 5.78. The third-order valence-electron chi connectivity index (χ3n) is 4.20. The Balaban J connectivity index is 1.74. The summed E-state index contributed by atoms with van der Waals surface area (Å²) in [7, 11) is 1.74.